The highest BCUT2D eigenvalue weighted by atomic mass is 35.5. The summed E-state index contributed by atoms with van der Waals surface area (Å²) in [6.07, 6.45) is 0. The van der Waals surface area contributed by atoms with Gasteiger partial charge in [-0.2, -0.15) is 0 Å². The molecule has 0 unspecified atom stereocenters. The third-order valence-corrected chi connectivity index (χ3v) is 2.36. The van der Waals surface area contributed by atoms with Gasteiger partial charge < -0.3 is 5.11 Å². The molecule has 72 valence electrons. The van der Waals surface area contributed by atoms with Crippen LogP contribution < -0.4 is 0 Å². The number of hydrogen-bond donors (Lipinski definition) is 1. The molecular formula is C10H7ClFNO. The smallest absolute Gasteiger partial charge is 0.142 e. The Hall–Kier alpha value is -1.19. The molecule has 0 fully saturated rings. The quantitative estimate of drug-likeness (QED) is 0.786. The molecule has 14 heavy (non-hydrogen) atoms. The normalized spacial score (nSPS) is 10.8. The minimum atomic E-state index is -0.460. The van der Waals surface area contributed by atoms with Crippen molar-refractivity contribution in [3.05, 3.63) is 40.8 Å². The molecule has 0 spiro atoms. The summed E-state index contributed by atoms with van der Waals surface area (Å²) in [5, 5.41) is 9.48. The van der Waals surface area contributed by atoms with Crippen LogP contribution >= 0.6 is 11.6 Å². The molecule has 1 N–H and O–H groups in total. The summed E-state index contributed by atoms with van der Waals surface area (Å²) in [6, 6.07) is 6.07. The number of aliphatic hydroxyl groups excluding tert-OH is 1. The third kappa shape index (κ3) is 1.45. The van der Waals surface area contributed by atoms with Gasteiger partial charge in [0.1, 0.15) is 5.82 Å². The molecule has 0 bridgehead atoms. The van der Waals surface area contributed by atoms with E-state index in [1.807, 2.05) is 0 Å². The van der Waals surface area contributed by atoms with Crippen molar-refractivity contribution in [1.82, 2.24) is 4.98 Å². The van der Waals surface area contributed by atoms with Crippen LogP contribution in [-0.2, 0) is 6.61 Å². The second kappa shape index (κ2) is 3.52. The van der Waals surface area contributed by atoms with Gasteiger partial charge in [0.2, 0.25) is 0 Å². The minimum Gasteiger partial charge on any atom is -0.390 e. The van der Waals surface area contributed by atoms with Crippen LogP contribution in [0.5, 0.6) is 0 Å². The largest absolute Gasteiger partial charge is 0.390 e. The zero-order valence-corrected chi connectivity index (χ0v) is 7.92. The van der Waals surface area contributed by atoms with Crippen molar-refractivity contribution >= 4 is 22.5 Å². The molecule has 4 heteroatoms. The van der Waals surface area contributed by atoms with Crippen molar-refractivity contribution < 1.29 is 9.50 Å². The molecule has 0 aliphatic heterocycles. The highest BCUT2D eigenvalue weighted by Gasteiger charge is 2.05. The topological polar surface area (TPSA) is 33.1 Å². The molecule has 1 heterocycles. The molecule has 1 aromatic heterocycles. The summed E-state index contributed by atoms with van der Waals surface area (Å²) < 4.78 is 13.0. The molecule has 2 aromatic rings. The van der Waals surface area contributed by atoms with Crippen molar-refractivity contribution in [2.45, 2.75) is 6.61 Å². The van der Waals surface area contributed by atoms with Gasteiger partial charge in [-0.25, -0.2) is 4.39 Å². The predicted octanol–water partition coefficient (Wildman–Crippen LogP) is 2.52. The Kier molecular flexibility index (Phi) is 2.35. The van der Waals surface area contributed by atoms with Gasteiger partial charge in [-0.3, -0.25) is 4.98 Å². The lowest BCUT2D eigenvalue weighted by Gasteiger charge is -2.02. The minimum absolute atomic E-state index is 0.0690. The molecule has 0 atom stereocenters. The first-order chi connectivity index (χ1) is 6.72. The molecule has 0 saturated heterocycles. The highest BCUT2D eigenvalue weighted by molar-refractivity contribution is 6.35. The molecule has 0 radical (unpaired) electrons. The molecule has 1 aromatic carbocycles. The first-order valence-electron chi connectivity index (χ1n) is 4.07. The zero-order chi connectivity index (χ0) is 10.1. The van der Waals surface area contributed by atoms with E-state index in [0.29, 0.717) is 16.6 Å². The summed E-state index contributed by atoms with van der Waals surface area (Å²) in [6.45, 7) is -0.134. The maximum Gasteiger partial charge on any atom is 0.142 e. The predicted molar refractivity (Wildman–Crippen MR) is 52.6 cm³/mol. The van der Waals surface area contributed by atoms with Crippen LogP contribution in [0.1, 0.15) is 5.69 Å². The lowest BCUT2D eigenvalue weighted by Crippen LogP contribution is -1.90. The first kappa shape index (κ1) is 9.37. The summed E-state index contributed by atoms with van der Waals surface area (Å²) >= 11 is 5.74. The fourth-order valence-electron chi connectivity index (χ4n) is 1.27. The second-order valence-corrected chi connectivity index (χ2v) is 3.27. The van der Waals surface area contributed by atoms with Gasteiger partial charge in [0.05, 0.1) is 22.8 Å². The summed E-state index contributed by atoms with van der Waals surface area (Å²) in [7, 11) is 0. The Bertz CT molecular complexity index is 487. The van der Waals surface area contributed by atoms with Gasteiger partial charge in [0.25, 0.3) is 0 Å². The Balaban J connectivity index is 2.74. The van der Waals surface area contributed by atoms with E-state index >= 15 is 0 Å². The van der Waals surface area contributed by atoms with Gasteiger partial charge in [-0.1, -0.05) is 11.6 Å². The number of aromatic nitrogens is 1. The summed E-state index contributed by atoms with van der Waals surface area (Å²) in [5.41, 5.74) is 1.13. The summed E-state index contributed by atoms with van der Waals surface area (Å²) in [5.74, 6) is -0.460. The molecule has 0 aliphatic carbocycles. The number of pyridine rings is 1. The van der Waals surface area contributed by atoms with E-state index in [4.69, 9.17) is 16.7 Å². The van der Waals surface area contributed by atoms with Gasteiger partial charge >= 0.3 is 0 Å². The number of aliphatic hydroxyl groups is 1. The number of halogens is 2. The van der Waals surface area contributed by atoms with Gasteiger partial charge in [0.15, 0.2) is 0 Å². The van der Waals surface area contributed by atoms with Crippen LogP contribution in [0.25, 0.3) is 10.9 Å². The Morgan fingerprint density at radius 3 is 2.79 bits per heavy atom. The number of hydrogen-bond acceptors (Lipinski definition) is 2. The van der Waals surface area contributed by atoms with Gasteiger partial charge in [-0.05, 0) is 24.3 Å². The van der Waals surface area contributed by atoms with Gasteiger partial charge in [0, 0.05) is 5.39 Å². The molecule has 0 amide bonds. The molecule has 0 aliphatic rings. The van der Waals surface area contributed by atoms with Crippen LogP contribution in [0.15, 0.2) is 24.3 Å². The van der Waals surface area contributed by atoms with Crippen LogP contribution in [0.2, 0.25) is 5.02 Å². The highest BCUT2D eigenvalue weighted by Crippen LogP contribution is 2.25. The van der Waals surface area contributed by atoms with Crippen LogP contribution in [-0.4, -0.2) is 10.1 Å². The number of rotatable bonds is 1. The Labute approximate surface area is 85.0 Å². The average Bonchev–Trinajstić information content (AvgIpc) is 2.23. The molecule has 2 nitrogen and oxygen atoms in total. The fraction of sp³-hybridized carbons (Fsp3) is 0.100. The van der Waals surface area contributed by atoms with E-state index < -0.39 is 5.82 Å². The van der Waals surface area contributed by atoms with Crippen LogP contribution in [0.3, 0.4) is 0 Å². The molecule has 0 saturated carbocycles. The SMILES string of the molecule is OCc1ccc2c(Cl)c(F)ccc2n1. The van der Waals surface area contributed by atoms with Crippen LogP contribution in [0.4, 0.5) is 4.39 Å². The zero-order valence-electron chi connectivity index (χ0n) is 7.17. The van der Waals surface area contributed by atoms with Crippen molar-refractivity contribution in [3.8, 4) is 0 Å². The third-order valence-electron chi connectivity index (χ3n) is 1.98. The van der Waals surface area contributed by atoms with Crippen molar-refractivity contribution in [1.29, 1.82) is 0 Å². The van der Waals surface area contributed by atoms with E-state index in [9.17, 15) is 4.39 Å². The van der Waals surface area contributed by atoms with E-state index in [1.54, 1.807) is 12.1 Å². The molecular weight excluding hydrogens is 205 g/mol. The van der Waals surface area contributed by atoms with Crippen molar-refractivity contribution in [2.24, 2.45) is 0 Å². The number of benzene rings is 1. The Morgan fingerprint density at radius 2 is 2.07 bits per heavy atom. The lowest BCUT2D eigenvalue weighted by atomic mass is 10.2. The van der Waals surface area contributed by atoms with Gasteiger partial charge in [-0.15, -0.1) is 0 Å². The maximum atomic E-state index is 13.0. The number of nitrogens with zero attached hydrogens (tertiary/aromatic N) is 1. The van der Waals surface area contributed by atoms with E-state index in [0.717, 1.165) is 0 Å². The first-order valence-corrected chi connectivity index (χ1v) is 4.44. The van der Waals surface area contributed by atoms with E-state index in [-0.39, 0.29) is 11.6 Å². The van der Waals surface area contributed by atoms with Crippen molar-refractivity contribution in [2.75, 3.05) is 0 Å². The van der Waals surface area contributed by atoms with Crippen LogP contribution in [0, 0.1) is 5.82 Å². The second-order valence-electron chi connectivity index (χ2n) is 2.89. The Morgan fingerprint density at radius 1 is 1.29 bits per heavy atom. The maximum absolute atomic E-state index is 13.0. The fourth-order valence-corrected chi connectivity index (χ4v) is 1.49. The molecule has 2 rings (SSSR count). The average molecular weight is 212 g/mol. The van der Waals surface area contributed by atoms with E-state index in [1.165, 1.54) is 12.1 Å². The monoisotopic (exact) mass is 211 g/mol. The number of fused-ring (bicyclic) bond motifs is 1. The summed E-state index contributed by atoms with van der Waals surface area (Å²) in [4.78, 5) is 4.09. The van der Waals surface area contributed by atoms with Crippen molar-refractivity contribution in [3.63, 3.8) is 0 Å². The standard InChI is InChI=1S/C10H7ClFNO/c11-10-7-2-1-6(5-14)13-9(7)4-3-8(10)12/h1-4,14H,5H2. The lowest BCUT2D eigenvalue weighted by molar-refractivity contribution is 0.277. The van der Waals surface area contributed by atoms with E-state index in [2.05, 4.69) is 4.98 Å².